The summed E-state index contributed by atoms with van der Waals surface area (Å²) < 4.78 is 20.2. The van der Waals surface area contributed by atoms with E-state index in [-0.39, 0.29) is 13.2 Å². The van der Waals surface area contributed by atoms with Gasteiger partial charge in [0.1, 0.15) is 6.61 Å². The van der Waals surface area contributed by atoms with Crippen molar-refractivity contribution in [3.8, 4) is 0 Å². The van der Waals surface area contributed by atoms with Crippen LogP contribution in [-0.4, -0.2) is 63.9 Å². The van der Waals surface area contributed by atoms with Crippen molar-refractivity contribution in [2.75, 3.05) is 52.9 Å². The lowest BCUT2D eigenvalue weighted by Gasteiger charge is -2.07. The molecule has 0 rings (SSSR count). The fourth-order valence-electron chi connectivity index (χ4n) is 0.923. The van der Waals surface area contributed by atoms with Gasteiger partial charge in [-0.15, -0.1) is 0 Å². The molecule has 0 aliphatic carbocycles. The summed E-state index contributed by atoms with van der Waals surface area (Å²) in [6.07, 6.45) is 0. The highest BCUT2D eigenvalue weighted by atomic mass is 16.6. The number of carbonyl (C=O) groups is 1. The smallest absolute Gasteiger partial charge is 0.333 e. The first-order valence-electron chi connectivity index (χ1n) is 5.85. The lowest BCUT2D eigenvalue weighted by molar-refractivity contribution is -0.140. The molecule has 0 aliphatic heterocycles. The highest BCUT2D eigenvalue weighted by Crippen LogP contribution is 1.91. The summed E-state index contributed by atoms with van der Waals surface area (Å²) in [5.74, 6) is -0.407. The van der Waals surface area contributed by atoms with Gasteiger partial charge < -0.3 is 24.1 Å². The van der Waals surface area contributed by atoms with Gasteiger partial charge in [-0.1, -0.05) is 6.58 Å². The maximum absolute atomic E-state index is 11.0. The molecule has 0 radical (unpaired) electrons. The Morgan fingerprint density at radius 2 is 1.39 bits per heavy atom. The minimum atomic E-state index is -0.407. The van der Waals surface area contributed by atoms with E-state index in [4.69, 9.17) is 24.1 Å². The van der Waals surface area contributed by atoms with E-state index in [0.717, 1.165) is 0 Å². The van der Waals surface area contributed by atoms with E-state index in [0.29, 0.717) is 45.2 Å². The van der Waals surface area contributed by atoms with Crippen molar-refractivity contribution in [1.82, 2.24) is 0 Å². The van der Waals surface area contributed by atoms with Gasteiger partial charge >= 0.3 is 5.97 Å². The minimum Gasteiger partial charge on any atom is -0.460 e. The van der Waals surface area contributed by atoms with Crippen LogP contribution in [0.3, 0.4) is 0 Å². The molecule has 1 N–H and O–H groups in total. The number of aliphatic hydroxyl groups is 1. The Balaban J connectivity index is 3.07. The number of hydrogen-bond acceptors (Lipinski definition) is 6. The highest BCUT2D eigenvalue weighted by Gasteiger charge is 2.01. The third-order valence-corrected chi connectivity index (χ3v) is 1.79. The fourth-order valence-corrected chi connectivity index (χ4v) is 0.923. The maximum Gasteiger partial charge on any atom is 0.333 e. The number of rotatable bonds is 12. The summed E-state index contributed by atoms with van der Waals surface area (Å²) >= 11 is 0. The average molecular weight is 262 g/mol. The predicted octanol–water partition coefficient (Wildman–Crippen LogP) is 0.148. The zero-order valence-corrected chi connectivity index (χ0v) is 10.9. The van der Waals surface area contributed by atoms with Crippen LogP contribution in [0.4, 0.5) is 0 Å². The highest BCUT2D eigenvalue weighted by molar-refractivity contribution is 5.86. The number of aliphatic hydroxyl groups excluding tert-OH is 1. The summed E-state index contributed by atoms with van der Waals surface area (Å²) in [7, 11) is 0. The summed E-state index contributed by atoms with van der Waals surface area (Å²) in [4.78, 5) is 11.0. The number of esters is 1. The Hall–Kier alpha value is -0.950. The van der Waals surface area contributed by atoms with Crippen molar-refractivity contribution in [3.05, 3.63) is 12.2 Å². The van der Waals surface area contributed by atoms with Gasteiger partial charge in [0.2, 0.25) is 0 Å². The van der Waals surface area contributed by atoms with E-state index < -0.39 is 5.97 Å². The van der Waals surface area contributed by atoms with Gasteiger partial charge in [-0.25, -0.2) is 4.79 Å². The largest absolute Gasteiger partial charge is 0.460 e. The van der Waals surface area contributed by atoms with Crippen LogP contribution in [0.25, 0.3) is 0 Å². The molecule has 18 heavy (non-hydrogen) atoms. The third-order valence-electron chi connectivity index (χ3n) is 1.79. The van der Waals surface area contributed by atoms with E-state index in [9.17, 15) is 4.79 Å². The normalized spacial score (nSPS) is 10.3. The van der Waals surface area contributed by atoms with E-state index in [2.05, 4.69) is 6.58 Å². The lowest BCUT2D eigenvalue weighted by Crippen LogP contribution is -2.14. The van der Waals surface area contributed by atoms with E-state index in [1.165, 1.54) is 0 Å². The standard InChI is InChI=1S/C12H22O6/c1-11(2)12(14)18-10-9-17-8-7-16-6-5-15-4-3-13/h13H,1,3-10H2,2H3. The van der Waals surface area contributed by atoms with Crippen molar-refractivity contribution in [2.45, 2.75) is 6.92 Å². The zero-order chi connectivity index (χ0) is 13.6. The van der Waals surface area contributed by atoms with Crippen molar-refractivity contribution in [2.24, 2.45) is 0 Å². The zero-order valence-electron chi connectivity index (χ0n) is 10.9. The molecule has 6 nitrogen and oxygen atoms in total. The summed E-state index contributed by atoms with van der Waals surface area (Å²) in [5, 5.41) is 8.44. The molecule has 0 aromatic rings. The summed E-state index contributed by atoms with van der Waals surface area (Å²) in [5.41, 5.74) is 0.376. The lowest BCUT2D eigenvalue weighted by atomic mass is 10.4. The van der Waals surface area contributed by atoms with Gasteiger partial charge in [0.15, 0.2) is 0 Å². The number of ether oxygens (including phenoxy) is 4. The molecule has 0 unspecified atom stereocenters. The van der Waals surface area contributed by atoms with Crippen LogP contribution in [0, 0.1) is 0 Å². The molecule has 0 atom stereocenters. The second-order valence-corrected chi connectivity index (χ2v) is 3.48. The minimum absolute atomic E-state index is 0.0199. The molecule has 0 saturated heterocycles. The molecule has 106 valence electrons. The second kappa shape index (κ2) is 12.5. The monoisotopic (exact) mass is 262 g/mol. The van der Waals surface area contributed by atoms with Crippen molar-refractivity contribution < 1.29 is 28.8 Å². The van der Waals surface area contributed by atoms with Crippen molar-refractivity contribution in [3.63, 3.8) is 0 Å². The second-order valence-electron chi connectivity index (χ2n) is 3.48. The molecule has 6 heteroatoms. The molecular formula is C12H22O6. The van der Waals surface area contributed by atoms with Gasteiger partial charge in [-0.05, 0) is 6.92 Å². The molecule has 0 saturated carbocycles. The topological polar surface area (TPSA) is 74.2 Å². The Bertz CT molecular complexity index is 229. The Labute approximate surface area is 107 Å². The average Bonchev–Trinajstić information content (AvgIpc) is 2.35. The van der Waals surface area contributed by atoms with Crippen LogP contribution in [0.2, 0.25) is 0 Å². The molecule has 0 aliphatic rings. The van der Waals surface area contributed by atoms with Gasteiger partial charge in [-0.2, -0.15) is 0 Å². The van der Waals surface area contributed by atoms with Crippen LogP contribution in [-0.2, 0) is 23.7 Å². The molecule has 0 aromatic carbocycles. The Morgan fingerprint density at radius 1 is 0.944 bits per heavy atom. The molecule has 0 aromatic heterocycles. The molecule has 0 fully saturated rings. The van der Waals surface area contributed by atoms with Gasteiger partial charge in [0.05, 0.1) is 46.2 Å². The predicted molar refractivity (Wildman–Crippen MR) is 65.3 cm³/mol. The molecule has 0 spiro atoms. The molecule has 0 bridgehead atoms. The number of carbonyl (C=O) groups excluding carboxylic acids is 1. The maximum atomic E-state index is 11.0. The SMILES string of the molecule is C=C(C)C(=O)OCCOCCOCCOCCO. The van der Waals surface area contributed by atoms with Crippen LogP contribution in [0.1, 0.15) is 6.92 Å². The quantitative estimate of drug-likeness (QED) is 0.306. The van der Waals surface area contributed by atoms with Crippen LogP contribution in [0.15, 0.2) is 12.2 Å². The first-order chi connectivity index (χ1) is 8.68. The Morgan fingerprint density at radius 3 is 1.83 bits per heavy atom. The van der Waals surface area contributed by atoms with Crippen molar-refractivity contribution >= 4 is 5.97 Å². The molecule has 0 heterocycles. The van der Waals surface area contributed by atoms with Crippen molar-refractivity contribution in [1.29, 1.82) is 0 Å². The van der Waals surface area contributed by atoms with E-state index in [1.807, 2.05) is 0 Å². The molecular weight excluding hydrogens is 240 g/mol. The van der Waals surface area contributed by atoms with Crippen LogP contribution in [0.5, 0.6) is 0 Å². The first-order valence-corrected chi connectivity index (χ1v) is 5.85. The first kappa shape index (κ1) is 17.1. The van der Waals surface area contributed by atoms with E-state index in [1.54, 1.807) is 6.92 Å². The van der Waals surface area contributed by atoms with Crippen LogP contribution >= 0.6 is 0 Å². The summed E-state index contributed by atoms with van der Waals surface area (Å²) in [6, 6.07) is 0. The number of hydrogen-bond donors (Lipinski definition) is 1. The third kappa shape index (κ3) is 11.5. The fraction of sp³-hybridized carbons (Fsp3) is 0.750. The van der Waals surface area contributed by atoms with Gasteiger partial charge in [0, 0.05) is 5.57 Å². The van der Waals surface area contributed by atoms with E-state index >= 15 is 0 Å². The molecule has 0 amide bonds. The Kier molecular flexibility index (Phi) is 11.8. The summed E-state index contributed by atoms with van der Waals surface area (Å²) in [6.45, 7) is 7.76. The van der Waals surface area contributed by atoms with Gasteiger partial charge in [0.25, 0.3) is 0 Å². The van der Waals surface area contributed by atoms with Crippen LogP contribution < -0.4 is 0 Å². The van der Waals surface area contributed by atoms with Gasteiger partial charge in [-0.3, -0.25) is 0 Å².